The molecule has 0 aromatic heterocycles. The van der Waals surface area contributed by atoms with E-state index in [0.717, 1.165) is 41.5 Å². The molecule has 16 heteroatoms. The van der Waals surface area contributed by atoms with Crippen LogP contribution < -0.4 is 0 Å². The van der Waals surface area contributed by atoms with Crippen LogP contribution in [0.25, 0.3) is 0 Å². The number of halogens is 1. The fraction of sp³-hybridized carbons (Fsp3) is 0.739. The summed E-state index contributed by atoms with van der Waals surface area (Å²) in [5.41, 5.74) is 0. The maximum absolute atomic E-state index is 12.1. The van der Waals surface area contributed by atoms with E-state index in [1.54, 1.807) is 0 Å². The molecule has 0 aliphatic carbocycles. The summed E-state index contributed by atoms with van der Waals surface area (Å²) in [6.07, 6.45) is -10.9. The van der Waals surface area contributed by atoms with Crippen molar-refractivity contribution in [2.24, 2.45) is 0 Å². The third kappa shape index (κ3) is 9.70. The van der Waals surface area contributed by atoms with E-state index in [1.165, 1.54) is 0 Å². The van der Waals surface area contributed by atoms with Gasteiger partial charge in [0, 0.05) is 41.5 Å². The highest BCUT2D eigenvalue weighted by molar-refractivity contribution is 9.09. The quantitative estimate of drug-likeness (QED) is 0.190. The van der Waals surface area contributed by atoms with Gasteiger partial charge in [0.05, 0.1) is 6.61 Å². The van der Waals surface area contributed by atoms with Crippen LogP contribution in [0.4, 0.5) is 0 Å². The van der Waals surface area contributed by atoms with Crippen molar-refractivity contribution in [3.63, 3.8) is 0 Å². The molecular weight excluding hydrogens is 596 g/mol. The average molecular weight is 627 g/mol. The van der Waals surface area contributed by atoms with Gasteiger partial charge in [-0.15, -0.1) is 0 Å². The lowest BCUT2D eigenvalue weighted by molar-refractivity contribution is -0.335. The molecular formula is C23H31BrO15. The van der Waals surface area contributed by atoms with E-state index < -0.39 is 96.5 Å². The Hall–Kier alpha value is -2.82. The Morgan fingerprint density at radius 1 is 0.641 bits per heavy atom. The molecule has 0 aromatic rings. The van der Waals surface area contributed by atoms with E-state index in [4.69, 9.17) is 42.6 Å². The van der Waals surface area contributed by atoms with Crippen molar-refractivity contribution in [2.45, 2.75) is 95.6 Å². The van der Waals surface area contributed by atoms with Crippen molar-refractivity contribution in [1.29, 1.82) is 0 Å². The molecule has 0 radical (unpaired) electrons. The summed E-state index contributed by atoms with van der Waals surface area (Å²) in [6.45, 7) is 5.98. The Kier molecular flexibility index (Phi) is 12.1. The molecule has 2 aliphatic heterocycles. The monoisotopic (exact) mass is 626 g/mol. The number of ether oxygens (including phenoxy) is 9. The first-order valence-corrected chi connectivity index (χ1v) is 12.7. The highest BCUT2D eigenvalue weighted by Gasteiger charge is 2.55. The van der Waals surface area contributed by atoms with Gasteiger partial charge < -0.3 is 42.6 Å². The SMILES string of the molecule is CC(=O)OC[C@H]1O[C@@H](O[C@H]2[C@H](OC(C)=O)[C@H](Br)OC[C@H]2OC(C)=O)[C@H](OC(C)=O)[C@@H](OC(C)=O)[C@H]1OC(C)=O. The third-order valence-corrected chi connectivity index (χ3v) is 6.01. The molecule has 0 bridgehead atoms. The molecule has 220 valence electrons. The number of alkyl halides is 1. The van der Waals surface area contributed by atoms with Gasteiger partial charge in [0.25, 0.3) is 0 Å². The van der Waals surface area contributed by atoms with Crippen molar-refractivity contribution < 1.29 is 71.4 Å². The second kappa shape index (κ2) is 14.5. The number of hydrogen-bond acceptors (Lipinski definition) is 15. The van der Waals surface area contributed by atoms with Gasteiger partial charge in [-0.1, -0.05) is 15.9 Å². The Bertz CT molecular complexity index is 938. The minimum Gasteiger partial charge on any atom is -0.463 e. The summed E-state index contributed by atoms with van der Waals surface area (Å²) in [4.78, 5) is 71.1. The highest BCUT2D eigenvalue weighted by atomic mass is 79.9. The molecule has 39 heavy (non-hydrogen) atoms. The third-order valence-electron chi connectivity index (χ3n) is 5.23. The smallest absolute Gasteiger partial charge is 0.303 e. The lowest BCUT2D eigenvalue weighted by atomic mass is 9.97. The van der Waals surface area contributed by atoms with Gasteiger partial charge in [-0.25, -0.2) is 0 Å². The predicted octanol–water partition coefficient (Wildman–Crippen LogP) is 0.0693. The normalized spacial score (nSPS) is 32.2. The molecule has 2 rings (SSSR count). The van der Waals surface area contributed by atoms with Gasteiger partial charge in [-0.05, 0) is 0 Å². The van der Waals surface area contributed by atoms with E-state index in [-0.39, 0.29) is 6.61 Å². The van der Waals surface area contributed by atoms with Crippen LogP contribution in [-0.4, -0.2) is 103 Å². The summed E-state index contributed by atoms with van der Waals surface area (Å²) < 4.78 is 49.3. The zero-order valence-corrected chi connectivity index (χ0v) is 23.7. The molecule has 0 saturated carbocycles. The van der Waals surface area contributed by atoms with Crippen molar-refractivity contribution in [3.8, 4) is 0 Å². The minimum absolute atomic E-state index is 0.191. The zero-order chi connectivity index (χ0) is 29.4. The Labute approximate surface area is 232 Å². The number of hydrogen-bond donors (Lipinski definition) is 0. The highest BCUT2D eigenvalue weighted by Crippen LogP contribution is 2.34. The predicted molar refractivity (Wildman–Crippen MR) is 127 cm³/mol. The largest absolute Gasteiger partial charge is 0.463 e. The maximum atomic E-state index is 12.1. The topological polar surface area (TPSA) is 185 Å². The van der Waals surface area contributed by atoms with E-state index in [1.807, 2.05) is 0 Å². The summed E-state index contributed by atoms with van der Waals surface area (Å²) in [6, 6.07) is 0. The molecule has 0 unspecified atom stereocenters. The minimum atomic E-state index is -1.61. The Balaban J connectivity index is 2.56. The van der Waals surface area contributed by atoms with Gasteiger partial charge in [-0.2, -0.15) is 0 Å². The van der Waals surface area contributed by atoms with Crippen molar-refractivity contribution in [1.82, 2.24) is 0 Å². The molecule has 2 heterocycles. The Morgan fingerprint density at radius 3 is 1.64 bits per heavy atom. The number of esters is 6. The van der Waals surface area contributed by atoms with Gasteiger partial charge in [0.2, 0.25) is 0 Å². The molecule has 2 fully saturated rings. The molecule has 2 aliphatic rings. The number of carbonyl (C=O) groups is 6. The first kappa shape index (κ1) is 32.4. The fourth-order valence-corrected chi connectivity index (χ4v) is 4.54. The van der Waals surface area contributed by atoms with Gasteiger partial charge in [-0.3, -0.25) is 28.8 Å². The first-order chi connectivity index (χ1) is 18.2. The van der Waals surface area contributed by atoms with Crippen LogP contribution in [-0.2, 0) is 71.4 Å². The van der Waals surface area contributed by atoms with Crippen LogP contribution >= 0.6 is 15.9 Å². The molecule has 2 saturated heterocycles. The van der Waals surface area contributed by atoms with Crippen LogP contribution in [0.3, 0.4) is 0 Å². The van der Waals surface area contributed by atoms with Crippen molar-refractivity contribution in [2.75, 3.05) is 13.2 Å². The molecule has 0 aromatic carbocycles. The lowest BCUT2D eigenvalue weighted by Crippen LogP contribution is -2.65. The molecule has 0 spiro atoms. The summed E-state index contributed by atoms with van der Waals surface area (Å²) in [5, 5.41) is -0.913. The van der Waals surface area contributed by atoms with Crippen LogP contribution in [0.15, 0.2) is 0 Å². The lowest BCUT2D eigenvalue weighted by Gasteiger charge is -2.47. The fourth-order valence-electron chi connectivity index (χ4n) is 3.98. The van der Waals surface area contributed by atoms with Crippen LogP contribution in [0.5, 0.6) is 0 Å². The van der Waals surface area contributed by atoms with Crippen LogP contribution in [0.2, 0.25) is 0 Å². The summed E-state index contributed by atoms with van der Waals surface area (Å²) in [7, 11) is 0. The average Bonchev–Trinajstić information content (AvgIpc) is 2.79. The summed E-state index contributed by atoms with van der Waals surface area (Å²) >= 11 is 3.24. The molecule has 0 amide bonds. The summed E-state index contributed by atoms with van der Waals surface area (Å²) in [5.74, 6) is -4.58. The van der Waals surface area contributed by atoms with Crippen LogP contribution in [0, 0.1) is 0 Å². The second-order valence-electron chi connectivity index (χ2n) is 8.57. The number of carbonyl (C=O) groups excluding carboxylic acids is 6. The van der Waals surface area contributed by atoms with Gasteiger partial charge >= 0.3 is 35.8 Å². The van der Waals surface area contributed by atoms with E-state index >= 15 is 0 Å². The van der Waals surface area contributed by atoms with Gasteiger partial charge in [0.15, 0.2) is 41.8 Å². The Morgan fingerprint density at radius 2 is 1.13 bits per heavy atom. The molecule has 15 nitrogen and oxygen atoms in total. The maximum Gasteiger partial charge on any atom is 0.303 e. The van der Waals surface area contributed by atoms with Crippen molar-refractivity contribution in [3.05, 3.63) is 0 Å². The first-order valence-electron chi connectivity index (χ1n) is 11.8. The molecule has 0 N–H and O–H groups in total. The van der Waals surface area contributed by atoms with Gasteiger partial charge in [0.1, 0.15) is 18.8 Å². The van der Waals surface area contributed by atoms with E-state index in [0.29, 0.717) is 0 Å². The van der Waals surface area contributed by atoms with Crippen LogP contribution in [0.1, 0.15) is 41.5 Å². The van der Waals surface area contributed by atoms with Crippen molar-refractivity contribution >= 4 is 51.7 Å². The number of rotatable bonds is 9. The zero-order valence-electron chi connectivity index (χ0n) is 22.1. The van der Waals surface area contributed by atoms with E-state index in [9.17, 15) is 28.8 Å². The standard InChI is InChI=1S/C23H31BrO15/c1-9(25)31-7-16-17(34-11(3)27)19(35-12(4)28)21(37-14(6)30)23(38-16)39-18-15(33-10(2)26)8-32-22(24)20(18)36-13(5)29/h15-23H,7-8H2,1-6H3/t15-,16-,17+,18-,19+,20+,21-,22-,23+/m1/s1. The molecule has 9 atom stereocenters. The van der Waals surface area contributed by atoms with E-state index in [2.05, 4.69) is 15.9 Å². The second-order valence-corrected chi connectivity index (χ2v) is 9.48.